The van der Waals surface area contributed by atoms with Gasteiger partial charge in [-0.05, 0) is 18.8 Å². The van der Waals surface area contributed by atoms with Crippen LogP contribution < -0.4 is 5.32 Å². The van der Waals surface area contributed by atoms with Crippen molar-refractivity contribution in [3.8, 4) is 0 Å². The molecule has 1 saturated carbocycles. The fraction of sp³-hybridized carbons (Fsp3) is 0.923. The summed E-state index contributed by atoms with van der Waals surface area (Å²) in [6.07, 6.45) is 4.76. The van der Waals surface area contributed by atoms with Gasteiger partial charge in [0.05, 0.1) is 13.2 Å². The second kappa shape index (κ2) is 6.97. The van der Waals surface area contributed by atoms with E-state index in [0.717, 1.165) is 25.7 Å². The van der Waals surface area contributed by atoms with Crippen LogP contribution in [-0.4, -0.2) is 36.4 Å². The molecule has 0 radical (unpaired) electrons. The number of carbonyl (C=O) groups is 1. The number of aliphatic hydroxyl groups excluding tert-OH is 1. The van der Waals surface area contributed by atoms with E-state index >= 15 is 0 Å². The van der Waals surface area contributed by atoms with Crippen molar-refractivity contribution in [3.63, 3.8) is 0 Å². The predicted octanol–water partition coefficient (Wildman–Crippen LogP) is 1.47. The molecule has 0 spiro atoms. The van der Waals surface area contributed by atoms with Crippen molar-refractivity contribution >= 4 is 5.97 Å². The Kier molecular flexibility index (Phi) is 5.92. The number of rotatable bonds is 4. The van der Waals surface area contributed by atoms with Crippen molar-refractivity contribution in [1.29, 1.82) is 0 Å². The topological polar surface area (TPSA) is 58.6 Å². The molecule has 0 saturated heterocycles. The second-order valence-electron chi connectivity index (χ2n) is 5.22. The first-order valence-corrected chi connectivity index (χ1v) is 6.58. The first kappa shape index (κ1) is 14.5. The summed E-state index contributed by atoms with van der Waals surface area (Å²) < 4.78 is 4.80. The molecular formula is C13H25NO3. The van der Waals surface area contributed by atoms with Gasteiger partial charge in [0, 0.05) is 6.04 Å². The number of aliphatic hydroxyl groups is 1. The van der Waals surface area contributed by atoms with E-state index < -0.39 is 0 Å². The lowest BCUT2D eigenvalue weighted by atomic mass is 9.99. The summed E-state index contributed by atoms with van der Waals surface area (Å²) in [5, 5.41) is 13.3. The van der Waals surface area contributed by atoms with E-state index in [4.69, 9.17) is 4.74 Å². The minimum absolute atomic E-state index is 0.0176. The molecule has 4 nitrogen and oxygen atoms in total. The molecule has 1 aliphatic carbocycles. The van der Waals surface area contributed by atoms with Gasteiger partial charge in [0.2, 0.25) is 0 Å². The molecule has 0 aromatic carbocycles. The van der Waals surface area contributed by atoms with Crippen molar-refractivity contribution in [3.05, 3.63) is 0 Å². The van der Waals surface area contributed by atoms with E-state index in [1.54, 1.807) is 0 Å². The molecular weight excluding hydrogens is 218 g/mol. The number of esters is 1. The molecule has 1 aliphatic rings. The minimum Gasteiger partial charge on any atom is -0.468 e. The SMILES string of the molecule is COC(=O)C(NC1CCCCCC1O)C(C)C. The Morgan fingerprint density at radius 2 is 1.94 bits per heavy atom. The summed E-state index contributed by atoms with van der Waals surface area (Å²) in [5.74, 6) is -0.0747. The van der Waals surface area contributed by atoms with Crippen LogP contribution in [0.25, 0.3) is 0 Å². The van der Waals surface area contributed by atoms with Gasteiger partial charge in [0.25, 0.3) is 0 Å². The van der Waals surface area contributed by atoms with Gasteiger partial charge in [0.15, 0.2) is 0 Å². The van der Waals surface area contributed by atoms with E-state index in [0.29, 0.717) is 0 Å². The average molecular weight is 243 g/mol. The number of carbonyl (C=O) groups excluding carboxylic acids is 1. The first-order valence-electron chi connectivity index (χ1n) is 6.58. The quantitative estimate of drug-likeness (QED) is 0.580. The Bertz CT molecular complexity index is 243. The minimum atomic E-state index is -0.344. The first-order chi connectivity index (χ1) is 8.06. The fourth-order valence-electron chi connectivity index (χ4n) is 2.37. The van der Waals surface area contributed by atoms with Gasteiger partial charge in [-0.3, -0.25) is 10.1 Å². The van der Waals surface area contributed by atoms with E-state index in [1.165, 1.54) is 13.5 Å². The van der Waals surface area contributed by atoms with Gasteiger partial charge in [-0.25, -0.2) is 0 Å². The summed E-state index contributed by atoms with van der Waals surface area (Å²) in [5.41, 5.74) is 0. The van der Waals surface area contributed by atoms with Gasteiger partial charge in [-0.1, -0.05) is 33.1 Å². The van der Waals surface area contributed by atoms with Crippen molar-refractivity contribution < 1.29 is 14.6 Å². The van der Waals surface area contributed by atoms with Gasteiger partial charge in [0.1, 0.15) is 6.04 Å². The maximum absolute atomic E-state index is 11.7. The summed E-state index contributed by atoms with van der Waals surface area (Å²) in [6, 6.07) is -0.304. The molecule has 17 heavy (non-hydrogen) atoms. The van der Waals surface area contributed by atoms with Crippen LogP contribution in [0.1, 0.15) is 46.0 Å². The van der Waals surface area contributed by atoms with Gasteiger partial charge in [-0.2, -0.15) is 0 Å². The molecule has 3 unspecified atom stereocenters. The smallest absolute Gasteiger partial charge is 0.323 e. The van der Waals surface area contributed by atoms with Crippen LogP contribution in [0.3, 0.4) is 0 Å². The van der Waals surface area contributed by atoms with Crippen LogP contribution >= 0.6 is 0 Å². The fourth-order valence-corrected chi connectivity index (χ4v) is 2.37. The largest absolute Gasteiger partial charge is 0.468 e. The Morgan fingerprint density at radius 3 is 2.53 bits per heavy atom. The Balaban J connectivity index is 2.61. The number of nitrogens with one attached hydrogen (secondary N) is 1. The molecule has 0 amide bonds. The van der Waals surface area contributed by atoms with Gasteiger partial charge >= 0.3 is 5.97 Å². The van der Waals surface area contributed by atoms with Crippen molar-refractivity contribution in [2.24, 2.45) is 5.92 Å². The van der Waals surface area contributed by atoms with Crippen LogP contribution in [-0.2, 0) is 9.53 Å². The van der Waals surface area contributed by atoms with Gasteiger partial charge < -0.3 is 9.84 Å². The number of hydrogen-bond donors (Lipinski definition) is 2. The van der Waals surface area contributed by atoms with Crippen molar-refractivity contribution in [1.82, 2.24) is 5.32 Å². The van der Waals surface area contributed by atoms with Crippen LogP contribution in [0.2, 0.25) is 0 Å². The lowest BCUT2D eigenvalue weighted by Gasteiger charge is -2.28. The standard InChI is InChI=1S/C13H25NO3/c1-9(2)12(13(16)17-3)14-10-7-5-4-6-8-11(10)15/h9-12,14-15H,4-8H2,1-3H3. The average Bonchev–Trinajstić information content (AvgIpc) is 2.50. The van der Waals surface area contributed by atoms with Crippen molar-refractivity contribution in [2.45, 2.75) is 64.1 Å². The maximum atomic E-state index is 11.7. The summed E-state index contributed by atoms with van der Waals surface area (Å²) >= 11 is 0. The molecule has 0 bridgehead atoms. The third-order valence-corrected chi connectivity index (χ3v) is 3.49. The molecule has 4 heteroatoms. The third-order valence-electron chi connectivity index (χ3n) is 3.49. The van der Waals surface area contributed by atoms with E-state index in [9.17, 15) is 9.90 Å². The number of ether oxygens (including phenoxy) is 1. The lowest BCUT2D eigenvalue weighted by Crippen LogP contribution is -2.51. The Labute approximate surface area is 104 Å². The number of methoxy groups -OCH3 is 1. The molecule has 2 N–H and O–H groups in total. The highest BCUT2D eigenvalue weighted by atomic mass is 16.5. The maximum Gasteiger partial charge on any atom is 0.323 e. The zero-order valence-corrected chi connectivity index (χ0v) is 11.1. The highest BCUT2D eigenvalue weighted by Gasteiger charge is 2.29. The Morgan fingerprint density at radius 1 is 1.29 bits per heavy atom. The Hall–Kier alpha value is -0.610. The zero-order valence-electron chi connectivity index (χ0n) is 11.1. The second-order valence-corrected chi connectivity index (χ2v) is 5.22. The molecule has 0 aromatic rings. The molecule has 1 rings (SSSR count). The highest BCUT2D eigenvalue weighted by molar-refractivity contribution is 5.76. The predicted molar refractivity (Wildman–Crippen MR) is 66.7 cm³/mol. The van der Waals surface area contributed by atoms with Gasteiger partial charge in [-0.15, -0.1) is 0 Å². The van der Waals surface area contributed by atoms with E-state index in [1.807, 2.05) is 13.8 Å². The monoisotopic (exact) mass is 243 g/mol. The summed E-state index contributed by atoms with van der Waals surface area (Å²) in [7, 11) is 1.41. The summed E-state index contributed by atoms with van der Waals surface area (Å²) in [4.78, 5) is 11.7. The van der Waals surface area contributed by atoms with E-state index in [2.05, 4.69) is 5.32 Å². The van der Waals surface area contributed by atoms with Crippen LogP contribution in [0.4, 0.5) is 0 Å². The molecule has 100 valence electrons. The normalized spacial score (nSPS) is 27.6. The molecule has 0 aliphatic heterocycles. The molecule has 3 atom stereocenters. The highest BCUT2D eigenvalue weighted by Crippen LogP contribution is 2.19. The zero-order chi connectivity index (χ0) is 12.8. The molecule has 0 heterocycles. The van der Waals surface area contributed by atoms with Crippen molar-refractivity contribution in [2.75, 3.05) is 7.11 Å². The van der Waals surface area contributed by atoms with Crippen LogP contribution in [0, 0.1) is 5.92 Å². The van der Waals surface area contributed by atoms with E-state index in [-0.39, 0.29) is 30.1 Å². The molecule has 1 fully saturated rings. The number of hydrogen-bond acceptors (Lipinski definition) is 4. The summed E-state index contributed by atoms with van der Waals surface area (Å²) in [6.45, 7) is 3.97. The van der Waals surface area contributed by atoms with Crippen LogP contribution in [0.5, 0.6) is 0 Å². The van der Waals surface area contributed by atoms with Crippen LogP contribution in [0.15, 0.2) is 0 Å². The third kappa shape index (κ3) is 4.28. The lowest BCUT2D eigenvalue weighted by molar-refractivity contribution is -0.144. The molecule has 0 aromatic heterocycles.